The molecule has 0 radical (unpaired) electrons. The molecule has 90 valence electrons. The van der Waals surface area contributed by atoms with Crippen molar-refractivity contribution in [1.82, 2.24) is 10.2 Å². The van der Waals surface area contributed by atoms with Crippen molar-refractivity contribution >= 4 is 5.91 Å². The summed E-state index contributed by atoms with van der Waals surface area (Å²) >= 11 is 0. The number of rotatable bonds is 5. The molecule has 1 N–H and O–H groups in total. The molecule has 2 atom stereocenters. The molecule has 1 aliphatic heterocycles. The van der Waals surface area contributed by atoms with E-state index in [1.54, 1.807) is 4.90 Å². The maximum absolute atomic E-state index is 12.0. The SMILES string of the molecule is CCN(CC(C)C#N)C(=O)CC1CCNC1. The summed E-state index contributed by atoms with van der Waals surface area (Å²) in [6.45, 7) is 7.06. The monoisotopic (exact) mass is 223 g/mol. The standard InChI is InChI=1S/C12H21N3O/c1-3-15(9-10(2)7-13)12(16)6-11-4-5-14-8-11/h10-11,14H,3-6,8-9H2,1-2H3. The molecule has 1 rings (SSSR count). The predicted molar refractivity (Wildman–Crippen MR) is 62.6 cm³/mol. The first-order valence-corrected chi connectivity index (χ1v) is 6.05. The van der Waals surface area contributed by atoms with E-state index in [1.165, 1.54) is 0 Å². The van der Waals surface area contributed by atoms with Crippen LogP contribution in [0.25, 0.3) is 0 Å². The smallest absolute Gasteiger partial charge is 0.222 e. The summed E-state index contributed by atoms with van der Waals surface area (Å²) in [5.41, 5.74) is 0. The van der Waals surface area contributed by atoms with Gasteiger partial charge in [-0.25, -0.2) is 0 Å². The van der Waals surface area contributed by atoms with Crippen LogP contribution in [-0.4, -0.2) is 37.0 Å². The van der Waals surface area contributed by atoms with Gasteiger partial charge in [0.05, 0.1) is 12.0 Å². The van der Waals surface area contributed by atoms with E-state index in [-0.39, 0.29) is 11.8 Å². The van der Waals surface area contributed by atoms with Crippen LogP contribution in [0, 0.1) is 23.2 Å². The van der Waals surface area contributed by atoms with Crippen molar-refractivity contribution in [2.45, 2.75) is 26.7 Å². The molecular weight excluding hydrogens is 202 g/mol. The van der Waals surface area contributed by atoms with Gasteiger partial charge in [0.1, 0.15) is 0 Å². The molecule has 16 heavy (non-hydrogen) atoms. The lowest BCUT2D eigenvalue weighted by molar-refractivity contribution is -0.132. The van der Waals surface area contributed by atoms with E-state index in [0.29, 0.717) is 25.4 Å². The highest BCUT2D eigenvalue weighted by Gasteiger charge is 2.21. The van der Waals surface area contributed by atoms with E-state index in [9.17, 15) is 4.79 Å². The molecule has 1 fully saturated rings. The Morgan fingerprint density at radius 1 is 1.69 bits per heavy atom. The van der Waals surface area contributed by atoms with Crippen LogP contribution in [0.4, 0.5) is 0 Å². The van der Waals surface area contributed by atoms with Crippen LogP contribution in [-0.2, 0) is 4.79 Å². The van der Waals surface area contributed by atoms with Gasteiger partial charge in [0.15, 0.2) is 0 Å². The lowest BCUT2D eigenvalue weighted by Gasteiger charge is -2.23. The first-order valence-electron chi connectivity index (χ1n) is 6.05. The maximum atomic E-state index is 12.0. The predicted octanol–water partition coefficient (Wildman–Crippen LogP) is 0.994. The average Bonchev–Trinajstić information content (AvgIpc) is 2.77. The molecule has 4 heteroatoms. The molecule has 1 saturated heterocycles. The molecule has 0 saturated carbocycles. The summed E-state index contributed by atoms with van der Waals surface area (Å²) < 4.78 is 0. The molecule has 0 spiro atoms. The molecule has 2 unspecified atom stereocenters. The second kappa shape index (κ2) is 6.49. The van der Waals surface area contributed by atoms with Crippen LogP contribution in [0.3, 0.4) is 0 Å². The van der Waals surface area contributed by atoms with Gasteiger partial charge >= 0.3 is 0 Å². The van der Waals surface area contributed by atoms with Crippen molar-refractivity contribution in [2.75, 3.05) is 26.2 Å². The Hall–Kier alpha value is -1.08. The van der Waals surface area contributed by atoms with Crippen LogP contribution in [0.5, 0.6) is 0 Å². The van der Waals surface area contributed by atoms with Crippen molar-refractivity contribution in [1.29, 1.82) is 5.26 Å². The van der Waals surface area contributed by atoms with Crippen LogP contribution >= 0.6 is 0 Å². The quantitative estimate of drug-likeness (QED) is 0.756. The van der Waals surface area contributed by atoms with E-state index >= 15 is 0 Å². The van der Waals surface area contributed by atoms with Gasteiger partial charge < -0.3 is 10.2 Å². The van der Waals surface area contributed by atoms with E-state index in [2.05, 4.69) is 11.4 Å². The number of hydrogen-bond acceptors (Lipinski definition) is 3. The molecule has 1 amide bonds. The molecule has 0 aromatic rings. The minimum absolute atomic E-state index is 0.0781. The third kappa shape index (κ3) is 3.82. The Morgan fingerprint density at radius 3 is 2.94 bits per heavy atom. The molecule has 0 aliphatic carbocycles. The number of hydrogen-bond donors (Lipinski definition) is 1. The fourth-order valence-corrected chi connectivity index (χ4v) is 2.04. The molecule has 4 nitrogen and oxygen atoms in total. The van der Waals surface area contributed by atoms with Gasteiger partial charge in [0.2, 0.25) is 5.91 Å². The first kappa shape index (κ1) is 13.0. The normalized spacial score (nSPS) is 21.4. The van der Waals surface area contributed by atoms with Crippen LogP contribution in [0.1, 0.15) is 26.7 Å². The number of nitrogens with zero attached hydrogens (tertiary/aromatic N) is 2. The van der Waals surface area contributed by atoms with E-state index in [0.717, 1.165) is 19.5 Å². The summed E-state index contributed by atoms with van der Waals surface area (Å²) in [6.07, 6.45) is 1.72. The van der Waals surface area contributed by atoms with Gasteiger partial charge in [-0.2, -0.15) is 5.26 Å². The number of carbonyl (C=O) groups excluding carboxylic acids is 1. The minimum atomic E-state index is -0.0781. The fourth-order valence-electron chi connectivity index (χ4n) is 2.04. The zero-order valence-electron chi connectivity index (χ0n) is 10.2. The Morgan fingerprint density at radius 2 is 2.44 bits per heavy atom. The number of carbonyl (C=O) groups is 1. The number of amides is 1. The maximum Gasteiger partial charge on any atom is 0.222 e. The topological polar surface area (TPSA) is 56.1 Å². The largest absolute Gasteiger partial charge is 0.342 e. The third-order valence-corrected chi connectivity index (χ3v) is 3.07. The second-order valence-electron chi connectivity index (χ2n) is 4.53. The van der Waals surface area contributed by atoms with Crippen molar-refractivity contribution in [2.24, 2.45) is 11.8 Å². The molecule has 0 bridgehead atoms. The van der Waals surface area contributed by atoms with Crippen molar-refractivity contribution in [3.63, 3.8) is 0 Å². The molecule has 0 aromatic carbocycles. The van der Waals surface area contributed by atoms with Crippen molar-refractivity contribution in [3.8, 4) is 6.07 Å². The highest BCUT2D eigenvalue weighted by molar-refractivity contribution is 5.76. The Labute approximate surface area is 97.6 Å². The van der Waals surface area contributed by atoms with Crippen molar-refractivity contribution in [3.05, 3.63) is 0 Å². The highest BCUT2D eigenvalue weighted by atomic mass is 16.2. The average molecular weight is 223 g/mol. The summed E-state index contributed by atoms with van der Waals surface area (Å²) in [5.74, 6) is 0.600. The molecule has 0 aromatic heterocycles. The van der Waals surface area contributed by atoms with Gasteiger partial charge in [0, 0.05) is 19.5 Å². The minimum Gasteiger partial charge on any atom is -0.342 e. The third-order valence-electron chi connectivity index (χ3n) is 3.07. The summed E-state index contributed by atoms with van der Waals surface area (Å²) in [6, 6.07) is 2.17. The molecule has 1 heterocycles. The van der Waals surface area contributed by atoms with Crippen LogP contribution < -0.4 is 5.32 Å². The zero-order valence-corrected chi connectivity index (χ0v) is 10.2. The van der Waals surface area contributed by atoms with E-state index < -0.39 is 0 Å². The first-order chi connectivity index (χ1) is 7.67. The van der Waals surface area contributed by atoms with Gasteiger partial charge in [0.25, 0.3) is 0 Å². The second-order valence-corrected chi connectivity index (χ2v) is 4.53. The Bertz CT molecular complexity index is 266. The Kier molecular flexibility index (Phi) is 5.27. The van der Waals surface area contributed by atoms with Gasteiger partial charge in [-0.15, -0.1) is 0 Å². The molecular formula is C12H21N3O. The van der Waals surface area contributed by atoms with Crippen LogP contribution in [0.2, 0.25) is 0 Å². The summed E-state index contributed by atoms with van der Waals surface area (Å²) in [4.78, 5) is 13.8. The van der Waals surface area contributed by atoms with Gasteiger partial charge in [-0.3, -0.25) is 4.79 Å². The van der Waals surface area contributed by atoms with E-state index in [4.69, 9.17) is 5.26 Å². The summed E-state index contributed by atoms with van der Waals surface area (Å²) in [7, 11) is 0. The lowest BCUT2D eigenvalue weighted by atomic mass is 10.0. The Balaban J connectivity index is 2.39. The molecule has 1 aliphatic rings. The zero-order chi connectivity index (χ0) is 12.0. The van der Waals surface area contributed by atoms with Gasteiger partial charge in [-0.05, 0) is 39.3 Å². The van der Waals surface area contributed by atoms with Crippen LogP contribution in [0.15, 0.2) is 0 Å². The fraction of sp³-hybridized carbons (Fsp3) is 0.833. The van der Waals surface area contributed by atoms with Gasteiger partial charge in [-0.1, -0.05) is 0 Å². The highest BCUT2D eigenvalue weighted by Crippen LogP contribution is 2.14. The van der Waals surface area contributed by atoms with E-state index in [1.807, 2.05) is 13.8 Å². The van der Waals surface area contributed by atoms with Crippen molar-refractivity contribution < 1.29 is 4.79 Å². The lowest BCUT2D eigenvalue weighted by Crippen LogP contribution is -2.35. The summed E-state index contributed by atoms with van der Waals surface area (Å²) in [5, 5.41) is 12.0. The number of nitriles is 1. The number of nitrogens with one attached hydrogen (secondary N) is 1.